The molecule has 0 spiro atoms. The van der Waals surface area contributed by atoms with Crippen molar-refractivity contribution in [3.63, 3.8) is 0 Å². The molecule has 2 aromatic carbocycles. The smallest absolute Gasteiger partial charge is 0.254 e. The van der Waals surface area contributed by atoms with Gasteiger partial charge in [-0.05, 0) is 37.1 Å². The Morgan fingerprint density at radius 2 is 1.65 bits per heavy atom. The lowest BCUT2D eigenvalue weighted by molar-refractivity contribution is 0.787. The van der Waals surface area contributed by atoms with Gasteiger partial charge in [-0.2, -0.15) is 0 Å². The van der Waals surface area contributed by atoms with E-state index in [0.29, 0.717) is 6.54 Å². The van der Waals surface area contributed by atoms with Crippen LogP contribution in [-0.2, 0) is 6.54 Å². The van der Waals surface area contributed by atoms with Crippen molar-refractivity contribution in [3.8, 4) is 0 Å². The number of rotatable bonds is 2. The fourth-order valence-electron chi connectivity index (χ4n) is 2.61. The Kier molecular flexibility index (Phi) is 3.15. The number of benzene rings is 2. The van der Waals surface area contributed by atoms with Gasteiger partial charge >= 0.3 is 0 Å². The summed E-state index contributed by atoms with van der Waals surface area (Å²) in [7, 11) is 0. The topological polar surface area (TPSA) is 22.0 Å². The second-order valence-corrected chi connectivity index (χ2v) is 5.21. The van der Waals surface area contributed by atoms with E-state index in [0.717, 1.165) is 22.0 Å². The highest BCUT2D eigenvalue weighted by molar-refractivity contribution is 5.83. The van der Waals surface area contributed by atoms with E-state index < -0.39 is 0 Å². The third-order valence-electron chi connectivity index (χ3n) is 3.72. The minimum absolute atomic E-state index is 0.0898. The number of aromatic nitrogens is 1. The Morgan fingerprint density at radius 1 is 0.900 bits per heavy atom. The molecule has 0 atom stereocenters. The first-order valence-electron chi connectivity index (χ1n) is 6.80. The lowest BCUT2D eigenvalue weighted by atomic mass is 10.1. The van der Waals surface area contributed by atoms with Crippen molar-refractivity contribution in [2.75, 3.05) is 0 Å². The summed E-state index contributed by atoms with van der Waals surface area (Å²) >= 11 is 0. The molecule has 0 aliphatic carbocycles. The molecule has 0 saturated carbocycles. The van der Waals surface area contributed by atoms with Crippen molar-refractivity contribution in [1.82, 2.24) is 4.57 Å². The number of pyridine rings is 1. The minimum atomic E-state index is 0.0898. The van der Waals surface area contributed by atoms with Crippen LogP contribution >= 0.6 is 0 Å². The van der Waals surface area contributed by atoms with Gasteiger partial charge in [0.25, 0.3) is 5.56 Å². The summed E-state index contributed by atoms with van der Waals surface area (Å²) in [5.74, 6) is 0. The van der Waals surface area contributed by atoms with Crippen LogP contribution in [0.15, 0.2) is 59.4 Å². The van der Waals surface area contributed by atoms with Gasteiger partial charge in [-0.25, -0.2) is 0 Å². The molecule has 0 aliphatic rings. The van der Waals surface area contributed by atoms with Crippen LogP contribution in [0.5, 0.6) is 0 Å². The van der Waals surface area contributed by atoms with Crippen LogP contribution in [0.2, 0.25) is 0 Å². The van der Waals surface area contributed by atoms with Gasteiger partial charge in [-0.3, -0.25) is 4.79 Å². The van der Waals surface area contributed by atoms with Crippen LogP contribution in [0.1, 0.15) is 16.7 Å². The Labute approximate surface area is 118 Å². The van der Waals surface area contributed by atoms with Crippen LogP contribution in [0.3, 0.4) is 0 Å². The van der Waals surface area contributed by atoms with Crippen molar-refractivity contribution < 1.29 is 0 Å². The molecule has 2 heteroatoms. The van der Waals surface area contributed by atoms with E-state index >= 15 is 0 Å². The zero-order chi connectivity index (χ0) is 14.1. The normalized spacial score (nSPS) is 10.9. The Bertz CT molecular complexity index is 816. The third-order valence-corrected chi connectivity index (χ3v) is 3.72. The van der Waals surface area contributed by atoms with Crippen molar-refractivity contribution in [3.05, 3.63) is 81.6 Å². The van der Waals surface area contributed by atoms with Gasteiger partial charge < -0.3 is 4.57 Å². The van der Waals surface area contributed by atoms with E-state index in [2.05, 4.69) is 25.1 Å². The predicted octanol–water partition coefficient (Wildman–Crippen LogP) is 3.67. The van der Waals surface area contributed by atoms with E-state index in [1.165, 1.54) is 5.56 Å². The van der Waals surface area contributed by atoms with Crippen molar-refractivity contribution in [1.29, 1.82) is 0 Å². The highest BCUT2D eigenvalue weighted by atomic mass is 16.1. The maximum Gasteiger partial charge on any atom is 0.254 e. The summed E-state index contributed by atoms with van der Waals surface area (Å²) in [6.07, 6.45) is 0. The van der Waals surface area contributed by atoms with Gasteiger partial charge in [0.1, 0.15) is 0 Å². The molecule has 0 saturated heterocycles. The SMILES string of the molecule is Cc1cc2c(C)cccc2n(Cc2ccccc2)c1=O. The molecule has 3 aromatic rings. The number of fused-ring (bicyclic) bond motifs is 1. The number of hydrogen-bond acceptors (Lipinski definition) is 1. The number of aryl methyl sites for hydroxylation is 2. The molecule has 0 radical (unpaired) electrons. The summed E-state index contributed by atoms with van der Waals surface area (Å²) in [5, 5.41) is 1.15. The molecular weight excluding hydrogens is 246 g/mol. The molecule has 0 fully saturated rings. The van der Waals surface area contributed by atoms with E-state index in [1.54, 1.807) is 0 Å². The molecule has 20 heavy (non-hydrogen) atoms. The summed E-state index contributed by atoms with van der Waals surface area (Å²) in [5.41, 5.74) is 4.23. The maximum absolute atomic E-state index is 12.5. The average Bonchev–Trinajstić information content (AvgIpc) is 2.46. The molecule has 0 bridgehead atoms. The Morgan fingerprint density at radius 3 is 2.40 bits per heavy atom. The van der Waals surface area contributed by atoms with E-state index in [4.69, 9.17) is 0 Å². The second-order valence-electron chi connectivity index (χ2n) is 5.21. The van der Waals surface area contributed by atoms with E-state index in [-0.39, 0.29) is 5.56 Å². The van der Waals surface area contributed by atoms with Crippen LogP contribution in [0, 0.1) is 13.8 Å². The van der Waals surface area contributed by atoms with Gasteiger partial charge in [-0.1, -0.05) is 42.5 Å². The number of hydrogen-bond donors (Lipinski definition) is 0. The van der Waals surface area contributed by atoms with Gasteiger partial charge in [0.15, 0.2) is 0 Å². The summed E-state index contributed by atoms with van der Waals surface area (Å²) < 4.78 is 1.87. The summed E-state index contributed by atoms with van der Waals surface area (Å²) in [6, 6.07) is 18.2. The van der Waals surface area contributed by atoms with Crippen LogP contribution in [0.4, 0.5) is 0 Å². The van der Waals surface area contributed by atoms with Crippen molar-refractivity contribution in [2.24, 2.45) is 0 Å². The average molecular weight is 263 g/mol. The summed E-state index contributed by atoms with van der Waals surface area (Å²) in [6.45, 7) is 4.58. The van der Waals surface area contributed by atoms with E-state index in [1.807, 2.05) is 47.9 Å². The van der Waals surface area contributed by atoms with Gasteiger partial charge in [0, 0.05) is 10.9 Å². The fourth-order valence-corrected chi connectivity index (χ4v) is 2.61. The van der Waals surface area contributed by atoms with Gasteiger partial charge in [0.05, 0.1) is 12.1 Å². The first kappa shape index (κ1) is 12.7. The highest BCUT2D eigenvalue weighted by Crippen LogP contribution is 2.18. The largest absolute Gasteiger partial charge is 0.304 e. The lowest BCUT2D eigenvalue weighted by Gasteiger charge is -2.13. The zero-order valence-electron chi connectivity index (χ0n) is 11.8. The second kappa shape index (κ2) is 4.97. The van der Waals surface area contributed by atoms with Crippen LogP contribution in [-0.4, -0.2) is 4.57 Å². The summed E-state index contributed by atoms with van der Waals surface area (Å²) in [4.78, 5) is 12.5. The monoisotopic (exact) mass is 263 g/mol. The first-order valence-corrected chi connectivity index (χ1v) is 6.80. The number of nitrogens with zero attached hydrogens (tertiary/aromatic N) is 1. The molecule has 0 unspecified atom stereocenters. The molecular formula is C18H17NO. The van der Waals surface area contributed by atoms with Gasteiger partial charge in [0.2, 0.25) is 0 Å². The molecule has 1 aromatic heterocycles. The zero-order valence-corrected chi connectivity index (χ0v) is 11.8. The first-order chi connectivity index (χ1) is 9.66. The predicted molar refractivity (Wildman–Crippen MR) is 83.2 cm³/mol. The molecule has 1 heterocycles. The van der Waals surface area contributed by atoms with Crippen molar-refractivity contribution >= 4 is 10.9 Å². The van der Waals surface area contributed by atoms with Crippen molar-refractivity contribution in [2.45, 2.75) is 20.4 Å². The van der Waals surface area contributed by atoms with Crippen LogP contribution < -0.4 is 5.56 Å². The molecule has 100 valence electrons. The highest BCUT2D eigenvalue weighted by Gasteiger charge is 2.08. The molecule has 0 amide bonds. The fraction of sp³-hybridized carbons (Fsp3) is 0.167. The van der Waals surface area contributed by atoms with Gasteiger partial charge in [-0.15, -0.1) is 0 Å². The van der Waals surface area contributed by atoms with Crippen LogP contribution in [0.25, 0.3) is 10.9 Å². The Balaban J connectivity index is 2.26. The third kappa shape index (κ3) is 2.14. The standard InChI is InChI=1S/C18H17NO/c1-13-7-6-10-17-16(13)11-14(2)18(20)19(17)12-15-8-4-3-5-9-15/h3-11H,12H2,1-2H3. The van der Waals surface area contributed by atoms with E-state index in [9.17, 15) is 4.79 Å². The molecule has 3 rings (SSSR count). The molecule has 0 N–H and O–H groups in total. The Hall–Kier alpha value is -2.35. The molecule has 2 nitrogen and oxygen atoms in total. The lowest BCUT2D eigenvalue weighted by Crippen LogP contribution is -2.23. The minimum Gasteiger partial charge on any atom is -0.304 e. The quantitative estimate of drug-likeness (QED) is 0.691. The molecule has 0 aliphatic heterocycles. The maximum atomic E-state index is 12.5.